The van der Waals surface area contributed by atoms with Crippen LogP contribution in [0.1, 0.15) is 72.1 Å². The van der Waals surface area contributed by atoms with Gasteiger partial charge < -0.3 is 19.3 Å². The molecule has 1 saturated heterocycles. The summed E-state index contributed by atoms with van der Waals surface area (Å²) in [5.41, 5.74) is 0. The number of aliphatic hydroxyl groups is 1. The summed E-state index contributed by atoms with van der Waals surface area (Å²) >= 11 is 0. The zero-order valence-corrected chi connectivity index (χ0v) is 15.2. The number of aliphatic hydroxyl groups excluding tert-OH is 1. The zero-order chi connectivity index (χ0) is 17.6. The van der Waals surface area contributed by atoms with Crippen molar-refractivity contribution in [3.8, 4) is 0 Å². The second-order valence-electron chi connectivity index (χ2n) is 7.29. The molecule has 0 radical (unpaired) electrons. The molecule has 1 fully saturated rings. The lowest BCUT2D eigenvalue weighted by Gasteiger charge is -2.27. The Labute approximate surface area is 145 Å². The summed E-state index contributed by atoms with van der Waals surface area (Å²) < 4.78 is 17.7. The molecule has 2 aliphatic rings. The SMILES string of the molecule is CCCCCCC[C@H]1OC(=O)CC[C@H](O)/C=C/[C@@H]2OC(C)(C)O[C@@H]21. The fraction of sp³-hybridized carbons (Fsp3) is 0.842. The molecular formula is C19H32O5. The van der Waals surface area contributed by atoms with Crippen molar-refractivity contribution < 1.29 is 24.1 Å². The van der Waals surface area contributed by atoms with Crippen LogP contribution in [0.15, 0.2) is 12.2 Å². The van der Waals surface area contributed by atoms with Crippen molar-refractivity contribution in [3.63, 3.8) is 0 Å². The predicted octanol–water partition coefficient (Wildman–Crippen LogP) is 3.49. The number of carbonyl (C=O) groups is 1. The summed E-state index contributed by atoms with van der Waals surface area (Å²) in [5.74, 6) is -0.985. The van der Waals surface area contributed by atoms with Crippen LogP contribution >= 0.6 is 0 Å². The second kappa shape index (κ2) is 8.97. The lowest BCUT2D eigenvalue weighted by molar-refractivity contribution is -0.171. The molecule has 0 saturated carbocycles. The van der Waals surface area contributed by atoms with Gasteiger partial charge in [0.1, 0.15) is 18.3 Å². The Morgan fingerprint density at radius 2 is 1.92 bits per heavy atom. The summed E-state index contributed by atoms with van der Waals surface area (Å²) in [5, 5.41) is 9.90. The number of cyclic esters (lactones) is 1. The molecular weight excluding hydrogens is 308 g/mol. The molecule has 1 N–H and O–H groups in total. The Balaban J connectivity index is 2.06. The van der Waals surface area contributed by atoms with E-state index in [9.17, 15) is 9.90 Å². The van der Waals surface area contributed by atoms with E-state index in [1.54, 1.807) is 6.08 Å². The van der Waals surface area contributed by atoms with Gasteiger partial charge in [0.15, 0.2) is 5.79 Å². The van der Waals surface area contributed by atoms with Gasteiger partial charge in [-0.05, 0) is 33.1 Å². The molecule has 0 aromatic heterocycles. The van der Waals surface area contributed by atoms with Crippen LogP contribution in [0.4, 0.5) is 0 Å². The van der Waals surface area contributed by atoms with Crippen LogP contribution < -0.4 is 0 Å². The van der Waals surface area contributed by atoms with E-state index in [4.69, 9.17) is 14.2 Å². The first-order valence-electron chi connectivity index (χ1n) is 9.33. The van der Waals surface area contributed by atoms with Crippen molar-refractivity contribution in [2.45, 2.75) is 102 Å². The highest BCUT2D eigenvalue weighted by Gasteiger charge is 2.45. The van der Waals surface area contributed by atoms with E-state index in [1.807, 2.05) is 19.9 Å². The number of unbranched alkanes of at least 4 members (excludes halogenated alkanes) is 4. The first kappa shape index (κ1) is 19.4. The summed E-state index contributed by atoms with van der Waals surface area (Å²) in [6.45, 7) is 5.92. The van der Waals surface area contributed by atoms with Crippen molar-refractivity contribution in [2.75, 3.05) is 0 Å². The fourth-order valence-corrected chi connectivity index (χ4v) is 3.32. The quantitative estimate of drug-likeness (QED) is 0.455. The smallest absolute Gasteiger partial charge is 0.306 e. The van der Waals surface area contributed by atoms with E-state index < -0.39 is 11.9 Å². The minimum Gasteiger partial charge on any atom is -0.459 e. The van der Waals surface area contributed by atoms with E-state index in [1.165, 1.54) is 19.3 Å². The van der Waals surface area contributed by atoms with Gasteiger partial charge in [0.2, 0.25) is 0 Å². The number of ether oxygens (including phenoxy) is 3. The lowest BCUT2D eigenvalue weighted by Crippen LogP contribution is -2.39. The molecule has 0 unspecified atom stereocenters. The molecule has 0 bridgehead atoms. The third-order valence-corrected chi connectivity index (χ3v) is 4.57. The Bertz CT molecular complexity index is 431. The third-order valence-electron chi connectivity index (χ3n) is 4.57. The van der Waals surface area contributed by atoms with Gasteiger partial charge in [0, 0.05) is 6.42 Å². The fourth-order valence-electron chi connectivity index (χ4n) is 3.32. The van der Waals surface area contributed by atoms with E-state index in [-0.39, 0.29) is 30.7 Å². The largest absolute Gasteiger partial charge is 0.459 e. The Morgan fingerprint density at radius 3 is 2.67 bits per heavy atom. The maximum absolute atomic E-state index is 12.1. The topological polar surface area (TPSA) is 65.0 Å². The molecule has 0 amide bonds. The highest BCUT2D eigenvalue weighted by atomic mass is 16.8. The molecule has 2 heterocycles. The van der Waals surface area contributed by atoms with Gasteiger partial charge in [0.25, 0.3) is 0 Å². The molecule has 0 aliphatic carbocycles. The second-order valence-corrected chi connectivity index (χ2v) is 7.29. The van der Waals surface area contributed by atoms with Gasteiger partial charge in [-0.3, -0.25) is 4.79 Å². The third kappa shape index (κ3) is 5.87. The summed E-state index contributed by atoms with van der Waals surface area (Å²) in [6, 6.07) is 0. The number of hydrogen-bond donors (Lipinski definition) is 1. The minimum absolute atomic E-state index is 0.222. The molecule has 138 valence electrons. The summed E-state index contributed by atoms with van der Waals surface area (Å²) in [4.78, 5) is 12.1. The standard InChI is InChI=1S/C19H32O5/c1-4-5-6-7-8-9-15-18-16(23-19(2,3)24-18)12-10-14(20)11-13-17(21)22-15/h10,12,14-16,18,20H,4-9,11,13H2,1-3H3/b12-10+/t14-,15-,16+,18-/m1/s1. The minimum atomic E-state index is -0.717. The monoisotopic (exact) mass is 340 g/mol. The van der Waals surface area contributed by atoms with Crippen molar-refractivity contribution in [3.05, 3.63) is 12.2 Å². The van der Waals surface area contributed by atoms with E-state index in [2.05, 4.69) is 6.92 Å². The van der Waals surface area contributed by atoms with Crippen LogP contribution in [-0.2, 0) is 19.0 Å². The predicted molar refractivity (Wildman–Crippen MR) is 91.5 cm³/mol. The molecule has 24 heavy (non-hydrogen) atoms. The van der Waals surface area contributed by atoms with Crippen LogP contribution in [-0.4, -0.2) is 41.3 Å². The summed E-state index contributed by atoms with van der Waals surface area (Å²) in [6.07, 6.45) is 9.17. The van der Waals surface area contributed by atoms with Gasteiger partial charge in [-0.15, -0.1) is 0 Å². The number of esters is 1. The summed E-state index contributed by atoms with van der Waals surface area (Å²) in [7, 11) is 0. The van der Waals surface area contributed by atoms with E-state index in [0.717, 1.165) is 19.3 Å². The van der Waals surface area contributed by atoms with Crippen LogP contribution in [0.5, 0.6) is 0 Å². The van der Waals surface area contributed by atoms with E-state index >= 15 is 0 Å². The van der Waals surface area contributed by atoms with Gasteiger partial charge in [-0.2, -0.15) is 0 Å². The van der Waals surface area contributed by atoms with Gasteiger partial charge in [0.05, 0.1) is 6.10 Å². The number of fused-ring (bicyclic) bond motifs is 1. The highest BCUT2D eigenvalue weighted by molar-refractivity contribution is 5.69. The van der Waals surface area contributed by atoms with Crippen molar-refractivity contribution in [1.82, 2.24) is 0 Å². The molecule has 5 heteroatoms. The molecule has 2 aliphatic heterocycles. The zero-order valence-electron chi connectivity index (χ0n) is 15.2. The molecule has 0 aromatic carbocycles. The average Bonchev–Trinajstić information content (AvgIpc) is 2.84. The first-order valence-corrected chi connectivity index (χ1v) is 9.33. The van der Waals surface area contributed by atoms with Gasteiger partial charge in [-0.1, -0.05) is 44.8 Å². The number of hydrogen-bond acceptors (Lipinski definition) is 5. The van der Waals surface area contributed by atoms with Gasteiger partial charge in [-0.25, -0.2) is 0 Å². The normalized spacial score (nSPS) is 34.4. The molecule has 5 nitrogen and oxygen atoms in total. The van der Waals surface area contributed by atoms with Crippen LogP contribution in [0, 0.1) is 0 Å². The maximum atomic E-state index is 12.1. The molecule has 0 spiro atoms. The van der Waals surface area contributed by atoms with Crippen LogP contribution in [0.2, 0.25) is 0 Å². The first-order chi connectivity index (χ1) is 11.4. The maximum Gasteiger partial charge on any atom is 0.306 e. The Kier molecular flexibility index (Phi) is 7.26. The van der Waals surface area contributed by atoms with Crippen molar-refractivity contribution in [1.29, 1.82) is 0 Å². The average molecular weight is 340 g/mol. The Hall–Kier alpha value is -0.910. The van der Waals surface area contributed by atoms with Crippen LogP contribution in [0.25, 0.3) is 0 Å². The van der Waals surface area contributed by atoms with Crippen LogP contribution in [0.3, 0.4) is 0 Å². The van der Waals surface area contributed by atoms with E-state index in [0.29, 0.717) is 6.42 Å². The lowest BCUT2D eigenvalue weighted by atomic mass is 9.99. The number of carbonyl (C=O) groups excluding carboxylic acids is 1. The Morgan fingerprint density at radius 1 is 1.17 bits per heavy atom. The molecule has 4 atom stereocenters. The highest BCUT2D eigenvalue weighted by Crippen LogP contribution is 2.34. The van der Waals surface area contributed by atoms with Crippen molar-refractivity contribution in [2.24, 2.45) is 0 Å². The molecule has 0 aromatic rings. The number of rotatable bonds is 6. The van der Waals surface area contributed by atoms with Crippen molar-refractivity contribution >= 4 is 5.97 Å². The van der Waals surface area contributed by atoms with Gasteiger partial charge >= 0.3 is 5.97 Å². The molecule has 2 rings (SSSR count).